The second-order valence-corrected chi connectivity index (χ2v) is 5.38. The third-order valence-corrected chi connectivity index (χ3v) is 3.84. The lowest BCUT2D eigenvalue weighted by atomic mass is 10.0. The van der Waals surface area contributed by atoms with Crippen LogP contribution in [0.25, 0.3) is 22.5 Å². The molecule has 3 aromatic rings. The highest BCUT2D eigenvalue weighted by Gasteiger charge is 2.19. The normalized spacial score (nSPS) is 10.4. The van der Waals surface area contributed by atoms with Crippen molar-refractivity contribution >= 4 is 12.4 Å². The molecule has 0 N–H and O–H groups in total. The van der Waals surface area contributed by atoms with E-state index in [1.165, 1.54) is 32.7 Å². The smallest absolute Gasteiger partial charge is 0.190 e. The van der Waals surface area contributed by atoms with Gasteiger partial charge < -0.3 is 14.0 Å². The van der Waals surface area contributed by atoms with Crippen molar-refractivity contribution in [3.63, 3.8) is 0 Å². The SMILES string of the molecule is COc1ccc(-c2ncn(C)c2-c2cc(F)c(OC)c(F)c2)cc1F.Cl. The second-order valence-electron chi connectivity index (χ2n) is 5.38. The molecule has 0 spiro atoms. The quantitative estimate of drug-likeness (QED) is 0.659. The summed E-state index contributed by atoms with van der Waals surface area (Å²) >= 11 is 0. The number of imidazole rings is 1. The van der Waals surface area contributed by atoms with E-state index in [9.17, 15) is 13.2 Å². The van der Waals surface area contributed by atoms with Crippen molar-refractivity contribution in [2.75, 3.05) is 14.2 Å². The van der Waals surface area contributed by atoms with Crippen LogP contribution in [0, 0.1) is 17.5 Å². The Hall–Kier alpha value is -2.67. The average molecular weight is 385 g/mol. The molecule has 0 bridgehead atoms. The van der Waals surface area contributed by atoms with E-state index in [4.69, 9.17) is 9.47 Å². The van der Waals surface area contributed by atoms with Crippen molar-refractivity contribution in [2.24, 2.45) is 7.05 Å². The molecule has 1 heterocycles. The van der Waals surface area contributed by atoms with E-state index < -0.39 is 23.2 Å². The predicted molar refractivity (Wildman–Crippen MR) is 94.3 cm³/mol. The number of aryl methyl sites for hydroxylation is 1. The largest absolute Gasteiger partial charge is 0.494 e. The molecule has 0 atom stereocenters. The van der Waals surface area contributed by atoms with Crippen molar-refractivity contribution in [1.29, 1.82) is 0 Å². The monoisotopic (exact) mass is 384 g/mol. The maximum atomic E-state index is 14.1. The summed E-state index contributed by atoms with van der Waals surface area (Å²) in [7, 11) is 4.25. The van der Waals surface area contributed by atoms with Crippen LogP contribution >= 0.6 is 12.4 Å². The fourth-order valence-corrected chi connectivity index (χ4v) is 2.69. The minimum atomic E-state index is -0.828. The number of aromatic nitrogens is 2. The molecule has 0 saturated heterocycles. The summed E-state index contributed by atoms with van der Waals surface area (Å²) in [5.74, 6) is -2.56. The first kappa shape index (κ1) is 19.7. The Morgan fingerprint density at radius 2 is 1.50 bits per heavy atom. The minimum absolute atomic E-state index is 0. The molecule has 0 aliphatic carbocycles. The maximum Gasteiger partial charge on any atom is 0.190 e. The van der Waals surface area contributed by atoms with Crippen LogP contribution in [0.15, 0.2) is 36.7 Å². The Kier molecular flexibility index (Phi) is 5.82. The van der Waals surface area contributed by atoms with Gasteiger partial charge in [-0.2, -0.15) is 0 Å². The summed E-state index contributed by atoms with van der Waals surface area (Å²) in [6, 6.07) is 6.67. The van der Waals surface area contributed by atoms with E-state index in [0.717, 1.165) is 12.1 Å². The molecule has 138 valence electrons. The number of hydrogen-bond acceptors (Lipinski definition) is 3. The topological polar surface area (TPSA) is 36.3 Å². The van der Waals surface area contributed by atoms with Gasteiger partial charge in [0.2, 0.25) is 0 Å². The Morgan fingerprint density at radius 3 is 2.04 bits per heavy atom. The van der Waals surface area contributed by atoms with Gasteiger partial charge in [-0.25, -0.2) is 18.2 Å². The molecule has 3 rings (SSSR count). The van der Waals surface area contributed by atoms with Gasteiger partial charge in [0.25, 0.3) is 0 Å². The van der Waals surface area contributed by atoms with Crippen molar-refractivity contribution in [1.82, 2.24) is 9.55 Å². The Balaban J connectivity index is 0.00000243. The number of nitrogens with zero attached hydrogens (tertiary/aromatic N) is 2. The van der Waals surface area contributed by atoms with Gasteiger partial charge in [-0.15, -0.1) is 12.4 Å². The molecule has 0 amide bonds. The van der Waals surface area contributed by atoms with Crippen LogP contribution in [0.5, 0.6) is 11.5 Å². The van der Waals surface area contributed by atoms with E-state index >= 15 is 0 Å². The van der Waals surface area contributed by atoms with E-state index in [-0.39, 0.29) is 23.7 Å². The van der Waals surface area contributed by atoms with E-state index in [1.807, 2.05) is 0 Å². The number of halogens is 4. The lowest BCUT2D eigenvalue weighted by Crippen LogP contribution is -1.97. The third kappa shape index (κ3) is 3.35. The first-order chi connectivity index (χ1) is 12.0. The predicted octanol–water partition coefficient (Wildman–Crippen LogP) is 4.61. The summed E-state index contributed by atoms with van der Waals surface area (Å²) in [4.78, 5) is 4.24. The van der Waals surface area contributed by atoms with E-state index in [2.05, 4.69) is 4.98 Å². The number of rotatable bonds is 4. The standard InChI is InChI=1S/C18H15F3N2O2.ClH/c1-23-9-22-16(10-4-5-15(24-2)12(19)6-10)17(23)11-7-13(20)18(25-3)14(21)8-11;/h4-9H,1-3H3;1H. The fourth-order valence-electron chi connectivity index (χ4n) is 2.69. The van der Waals surface area contributed by atoms with Crippen molar-refractivity contribution in [3.8, 4) is 34.0 Å². The Bertz CT molecular complexity index is 921. The zero-order valence-electron chi connectivity index (χ0n) is 14.2. The minimum Gasteiger partial charge on any atom is -0.494 e. The van der Waals surface area contributed by atoms with Gasteiger partial charge in [0.15, 0.2) is 29.0 Å². The van der Waals surface area contributed by atoms with E-state index in [1.54, 1.807) is 17.7 Å². The Morgan fingerprint density at radius 1 is 0.885 bits per heavy atom. The molecule has 1 aromatic heterocycles. The number of benzene rings is 2. The van der Waals surface area contributed by atoms with E-state index in [0.29, 0.717) is 17.0 Å². The summed E-state index contributed by atoms with van der Waals surface area (Å²) in [5, 5.41) is 0. The fraction of sp³-hybridized carbons (Fsp3) is 0.167. The van der Waals surface area contributed by atoms with Crippen LogP contribution in [0.1, 0.15) is 0 Å². The summed E-state index contributed by atoms with van der Waals surface area (Å²) in [6.07, 6.45) is 1.49. The first-order valence-corrected chi connectivity index (χ1v) is 7.35. The second kappa shape index (κ2) is 7.70. The van der Waals surface area contributed by atoms with Gasteiger partial charge in [0.05, 0.1) is 31.9 Å². The van der Waals surface area contributed by atoms with Gasteiger partial charge in [0, 0.05) is 18.2 Å². The van der Waals surface area contributed by atoms with Crippen molar-refractivity contribution in [3.05, 3.63) is 54.1 Å². The van der Waals surface area contributed by atoms with Gasteiger partial charge in [-0.05, 0) is 30.3 Å². The molecule has 8 heteroatoms. The zero-order valence-corrected chi connectivity index (χ0v) is 15.0. The first-order valence-electron chi connectivity index (χ1n) is 7.35. The van der Waals surface area contributed by atoms with Crippen LogP contribution in [0.4, 0.5) is 13.2 Å². The van der Waals surface area contributed by atoms with Crippen molar-refractivity contribution < 1.29 is 22.6 Å². The van der Waals surface area contributed by atoms with Crippen LogP contribution in [0.2, 0.25) is 0 Å². The highest BCUT2D eigenvalue weighted by molar-refractivity contribution is 5.85. The molecule has 0 radical (unpaired) electrons. The molecule has 0 unspecified atom stereocenters. The molecule has 4 nitrogen and oxygen atoms in total. The molecule has 0 aliphatic heterocycles. The van der Waals surface area contributed by atoms with Crippen LogP contribution < -0.4 is 9.47 Å². The van der Waals surface area contributed by atoms with Crippen LogP contribution in [-0.2, 0) is 7.05 Å². The maximum absolute atomic E-state index is 14.1. The number of hydrogen-bond donors (Lipinski definition) is 0. The van der Waals surface area contributed by atoms with Gasteiger partial charge in [0.1, 0.15) is 0 Å². The molecule has 0 fully saturated rings. The van der Waals surface area contributed by atoms with Gasteiger partial charge >= 0.3 is 0 Å². The summed E-state index contributed by atoms with van der Waals surface area (Å²) < 4.78 is 53.3. The molecular weight excluding hydrogens is 369 g/mol. The van der Waals surface area contributed by atoms with Crippen LogP contribution in [0.3, 0.4) is 0 Å². The van der Waals surface area contributed by atoms with Crippen molar-refractivity contribution in [2.45, 2.75) is 0 Å². The number of ether oxygens (including phenoxy) is 2. The molecule has 26 heavy (non-hydrogen) atoms. The molecule has 0 saturated carbocycles. The Labute approximate surface area is 154 Å². The average Bonchev–Trinajstić information content (AvgIpc) is 2.96. The van der Waals surface area contributed by atoms with Crippen LogP contribution in [-0.4, -0.2) is 23.8 Å². The molecule has 0 aliphatic rings. The number of methoxy groups -OCH3 is 2. The summed E-state index contributed by atoms with van der Waals surface area (Å²) in [6.45, 7) is 0. The lowest BCUT2D eigenvalue weighted by Gasteiger charge is -2.10. The highest BCUT2D eigenvalue weighted by Crippen LogP contribution is 2.35. The third-order valence-electron chi connectivity index (χ3n) is 3.84. The highest BCUT2D eigenvalue weighted by atomic mass is 35.5. The lowest BCUT2D eigenvalue weighted by molar-refractivity contribution is 0.360. The molecular formula is C18H16ClF3N2O2. The summed E-state index contributed by atoms with van der Waals surface area (Å²) in [5.41, 5.74) is 1.57. The van der Waals surface area contributed by atoms with Gasteiger partial charge in [-0.1, -0.05) is 0 Å². The molecule has 2 aromatic carbocycles. The zero-order chi connectivity index (χ0) is 18.1. The van der Waals surface area contributed by atoms with Gasteiger partial charge in [-0.3, -0.25) is 0 Å².